The van der Waals surface area contributed by atoms with Crippen LogP contribution in [0, 0.1) is 0 Å². The summed E-state index contributed by atoms with van der Waals surface area (Å²) in [6.45, 7) is 0. The summed E-state index contributed by atoms with van der Waals surface area (Å²) < 4.78 is 0. The molecule has 1 radical (unpaired) electrons. The maximum Gasteiger partial charge on any atom is 0 e. The fraction of sp³-hybridized carbons (Fsp3) is 0. The van der Waals surface area contributed by atoms with E-state index in [0.717, 1.165) is 0 Å². The van der Waals surface area contributed by atoms with Crippen LogP contribution in [0.15, 0.2) is 0 Å². The molecule has 0 unspecified atom stereocenters. The predicted molar refractivity (Wildman–Crippen MR) is 14.5 cm³/mol. The fourth-order valence-electron chi connectivity index (χ4n) is 0. The minimum absolute atomic E-state index is 0. The van der Waals surface area contributed by atoms with E-state index in [9.17, 15) is 0 Å². The number of hydrogen-bond donors (Lipinski definition) is 0. The monoisotopic (exact) mass is 461 g/mol. The molecular formula is H8AuO4Os. The first-order valence-electron chi connectivity index (χ1n) is 0. The van der Waals surface area contributed by atoms with Gasteiger partial charge in [0.1, 0.15) is 0 Å². The van der Waals surface area contributed by atoms with Crippen molar-refractivity contribution in [2.45, 2.75) is 0 Å². The molecule has 0 atom stereocenters. The summed E-state index contributed by atoms with van der Waals surface area (Å²) >= 11 is 0. The van der Waals surface area contributed by atoms with Crippen LogP contribution in [0.2, 0.25) is 0 Å². The van der Waals surface area contributed by atoms with Crippen molar-refractivity contribution < 1.29 is 64.1 Å². The Labute approximate surface area is 64.1 Å². The van der Waals surface area contributed by atoms with Gasteiger partial charge >= 0.3 is 0 Å². The van der Waals surface area contributed by atoms with E-state index in [-0.39, 0.29) is 64.1 Å². The van der Waals surface area contributed by atoms with Gasteiger partial charge in [-0.15, -0.1) is 0 Å². The van der Waals surface area contributed by atoms with Gasteiger partial charge in [-0.2, -0.15) is 0 Å². The Hall–Kier alpha value is 1.22. The standard InChI is InChI=1S/Au.4H2O.Os/h;4*1H2;. The molecule has 0 bridgehead atoms. The second-order valence-electron chi connectivity index (χ2n) is 0. The Morgan fingerprint density at radius 1 is 0.500 bits per heavy atom. The third-order valence-electron chi connectivity index (χ3n) is 0. The topological polar surface area (TPSA) is 126 Å². The maximum atomic E-state index is 0. The maximum absolute atomic E-state index is 0. The molecule has 6 heteroatoms. The van der Waals surface area contributed by atoms with E-state index in [1.54, 1.807) is 0 Å². The van der Waals surface area contributed by atoms with Crippen LogP contribution in [0.4, 0.5) is 0 Å². The van der Waals surface area contributed by atoms with Crippen LogP contribution in [0.1, 0.15) is 0 Å². The summed E-state index contributed by atoms with van der Waals surface area (Å²) in [6, 6.07) is 0. The molecule has 0 amide bonds. The molecule has 0 fully saturated rings. The molecule has 0 rings (SSSR count). The van der Waals surface area contributed by atoms with Crippen molar-refractivity contribution in [3.63, 3.8) is 0 Å². The third-order valence-corrected chi connectivity index (χ3v) is 0. The first kappa shape index (κ1) is 188. The van der Waals surface area contributed by atoms with Gasteiger partial charge in [-0.05, 0) is 0 Å². The molecule has 51 valence electrons. The Kier molecular flexibility index (Phi) is 3590. The van der Waals surface area contributed by atoms with E-state index in [0.29, 0.717) is 0 Å². The molecule has 4 nitrogen and oxygen atoms in total. The summed E-state index contributed by atoms with van der Waals surface area (Å²) in [5.41, 5.74) is 0. The van der Waals surface area contributed by atoms with Crippen molar-refractivity contribution in [2.24, 2.45) is 0 Å². The zero-order valence-corrected chi connectivity index (χ0v) is 7.36. The fourth-order valence-corrected chi connectivity index (χ4v) is 0. The molecule has 0 aliphatic heterocycles. The van der Waals surface area contributed by atoms with Gasteiger partial charge in [-0.25, -0.2) is 0 Å². The van der Waals surface area contributed by atoms with Crippen molar-refractivity contribution in [3.8, 4) is 0 Å². The first-order chi connectivity index (χ1) is 0. The van der Waals surface area contributed by atoms with Crippen LogP contribution in [-0.2, 0) is 42.2 Å². The largest absolute Gasteiger partial charge is 0.412 e. The molecule has 0 saturated heterocycles. The van der Waals surface area contributed by atoms with Crippen LogP contribution in [0.3, 0.4) is 0 Å². The second kappa shape index (κ2) is 114. The zero-order chi connectivity index (χ0) is 0. The molecule has 0 heterocycles. The van der Waals surface area contributed by atoms with Crippen molar-refractivity contribution >= 4 is 0 Å². The van der Waals surface area contributed by atoms with Crippen LogP contribution in [0.5, 0.6) is 0 Å². The van der Waals surface area contributed by atoms with Gasteiger partial charge in [0.2, 0.25) is 0 Å². The molecule has 0 aromatic heterocycles. The zero-order valence-electron chi connectivity index (χ0n) is 2.66. The van der Waals surface area contributed by atoms with Crippen molar-refractivity contribution in [1.82, 2.24) is 0 Å². The Morgan fingerprint density at radius 2 is 0.500 bits per heavy atom. The van der Waals surface area contributed by atoms with Gasteiger partial charge < -0.3 is 21.9 Å². The molecule has 0 aromatic rings. The molecule has 0 aromatic carbocycles. The van der Waals surface area contributed by atoms with E-state index in [1.165, 1.54) is 0 Å². The van der Waals surface area contributed by atoms with Gasteiger partial charge in [0.25, 0.3) is 0 Å². The Bertz CT molecular complexity index is 7.51. The van der Waals surface area contributed by atoms with Gasteiger partial charge in [0.15, 0.2) is 0 Å². The summed E-state index contributed by atoms with van der Waals surface area (Å²) in [7, 11) is 0. The van der Waals surface area contributed by atoms with E-state index in [4.69, 9.17) is 0 Å². The van der Waals surface area contributed by atoms with Crippen LogP contribution >= 0.6 is 0 Å². The smallest absolute Gasteiger partial charge is 0 e. The van der Waals surface area contributed by atoms with Crippen molar-refractivity contribution in [2.75, 3.05) is 0 Å². The van der Waals surface area contributed by atoms with Gasteiger partial charge in [-0.1, -0.05) is 0 Å². The average molecular weight is 459 g/mol. The van der Waals surface area contributed by atoms with Gasteiger partial charge in [-0.3, -0.25) is 0 Å². The summed E-state index contributed by atoms with van der Waals surface area (Å²) in [6.07, 6.45) is 0. The van der Waals surface area contributed by atoms with Crippen LogP contribution in [-0.4, -0.2) is 21.9 Å². The summed E-state index contributed by atoms with van der Waals surface area (Å²) in [5, 5.41) is 0. The van der Waals surface area contributed by atoms with Crippen LogP contribution < -0.4 is 0 Å². The first-order valence-corrected chi connectivity index (χ1v) is 0. The predicted octanol–water partition coefficient (Wildman–Crippen LogP) is -3.30. The minimum Gasteiger partial charge on any atom is -0.412 e. The molecule has 8 N–H and O–H groups in total. The van der Waals surface area contributed by atoms with E-state index >= 15 is 0 Å². The number of rotatable bonds is 0. The molecule has 0 aliphatic rings. The molecular weight excluding hydrogens is 451 g/mol. The van der Waals surface area contributed by atoms with E-state index < -0.39 is 0 Å². The van der Waals surface area contributed by atoms with E-state index in [2.05, 4.69) is 0 Å². The molecule has 0 aliphatic carbocycles. The Balaban J connectivity index is 0. The summed E-state index contributed by atoms with van der Waals surface area (Å²) in [4.78, 5) is 0. The third kappa shape index (κ3) is 62.7. The van der Waals surface area contributed by atoms with Crippen molar-refractivity contribution in [1.29, 1.82) is 0 Å². The molecule has 0 spiro atoms. The number of hydrogen-bond acceptors (Lipinski definition) is 0. The van der Waals surface area contributed by atoms with Crippen LogP contribution in [0.25, 0.3) is 0 Å². The minimum atomic E-state index is 0. The quantitative estimate of drug-likeness (QED) is 0.337. The van der Waals surface area contributed by atoms with E-state index in [1.807, 2.05) is 0 Å². The summed E-state index contributed by atoms with van der Waals surface area (Å²) in [5.74, 6) is 0. The van der Waals surface area contributed by atoms with Gasteiger partial charge in [0, 0.05) is 42.2 Å². The normalized spacial score (nSPS) is 0. The molecule has 6 heavy (non-hydrogen) atoms. The SMILES string of the molecule is O.O.O.O.[Au].[Os]. The molecule has 0 saturated carbocycles. The Morgan fingerprint density at radius 3 is 0.500 bits per heavy atom. The average Bonchev–Trinajstić information content (AvgIpc) is 0. The van der Waals surface area contributed by atoms with Crippen molar-refractivity contribution in [3.05, 3.63) is 0 Å². The van der Waals surface area contributed by atoms with Gasteiger partial charge in [0.05, 0.1) is 0 Å². The second-order valence-corrected chi connectivity index (χ2v) is 0.